The van der Waals surface area contributed by atoms with E-state index in [0.717, 1.165) is 13.5 Å². The number of benzene rings is 1. The van der Waals surface area contributed by atoms with Gasteiger partial charge in [0, 0.05) is 7.11 Å². The van der Waals surface area contributed by atoms with E-state index in [1.165, 1.54) is 24.3 Å². The lowest BCUT2D eigenvalue weighted by molar-refractivity contribution is 0.0505. The summed E-state index contributed by atoms with van der Waals surface area (Å²) < 4.78 is 4.90. The number of aliphatic hydroxyl groups is 1. The molecule has 0 aliphatic carbocycles. The molecule has 1 rings (SSSR count). The number of hydrogen-bond acceptors (Lipinski definition) is 4. The van der Waals surface area contributed by atoms with Crippen LogP contribution < -0.4 is 0 Å². The quantitative estimate of drug-likeness (QED) is 0.746. The van der Waals surface area contributed by atoms with Crippen LogP contribution in [0, 0.1) is 0 Å². The molecule has 0 aliphatic rings. The highest BCUT2D eigenvalue weighted by Gasteiger charge is 2.05. The zero-order valence-corrected chi connectivity index (χ0v) is 8.93. The number of ether oxygens (including phenoxy) is 1. The van der Waals surface area contributed by atoms with Crippen LogP contribution in [-0.4, -0.2) is 29.9 Å². The molecule has 0 saturated heterocycles. The highest BCUT2D eigenvalue weighted by molar-refractivity contribution is 5.89. The maximum absolute atomic E-state index is 11.2. The van der Waals surface area contributed by atoms with Gasteiger partial charge < -0.3 is 14.9 Å². The van der Waals surface area contributed by atoms with Crippen LogP contribution in [0.15, 0.2) is 24.3 Å². The van der Waals surface area contributed by atoms with Crippen molar-refractivity contribution in [2.24, 2.45) is 0 Å². The SMILES string of the molecule is CCCOC(=O)c1ccc(O)cc1.CO. The van der Waals surface area contributed by atoms with Gasteiger partial charge in [0.15, 0.2) is 0 Å². The van der Waals surface area contributed by atoms with Gasteiger partial charge in [0.2, 0.25) is 0 Å². The molecule has 2 N–H and O–H groups in total. The fraction of sp³-hybridized carbons (Fsp3) is 0.364. The van der Waals surface area contributed by atoms with Crippen LogP contribution in [0.1, 0.15) is 23.7 Å². The summed E-state index contributed by atoms with van der Waals surface area (Å²) >= 11 is 0. The van der Waals surface area contributed by atoms with Gasteiger partial charge in [-0.25, -0.2) is 4.79 Å². The van der Waals surface area contributed by atoms with E-state index in [1.54, 1.807) is 0 Å². The second kappa shape index (κ2) is 7.82. The van der Waals surface area contributed by atoms with Crippen LogP contribution in [0.3, 0.4) is 0 Å². The van der Waals surface area contributed by atoms with Crippen molar-refractivity contribution < 1.29 is 19.7 Å². The van der Waals surface area contributed by atoms with Gasteiger partial charge in [0.05, 0.1) is 12.2 Å². The maximum atomic E-state index is 11.2. The van der Waals surface area contributed by atoms with E-state index in [1.807, 2.05) is 6.92 Å². The van der Waals surface area contributed by atoms with E-state index in [0.29, 0.717) is 12.2 Å². The van der Waals surface area contributed by atoms with Gasteiger partial charge in [-0.1, -0.05) is 6.92 Å². The summed E-state index contributed by atoms with van der Waals surface area (Å²) in [6, 6.07) is 5.99. The molecule has 15 heavy (non-hydrogen) atoms. The van der Waals surface area contributed by atoms with Gasteiger partial charge in [-0.3, -0.25) is 0 Å². The molecule has 0 heterocycles. The van der Waals surface area contributed by atoms with Crippen LogP contribution in [0.5, 0.6) is 5.75 Å². The number of phenolic OH excluding ortho intramolecular Hbond substituents is 1. The van der Waals surface area contributed by atoms with E-state index in [4.69, 9.17) is 14.9 Å². The van der Waals surface area contributed by atoms with Gasteiger partial charge in [0.25, 0.3) is 0 Å². The Morgan fingerprint density at radius 1 is 1.27 bits per heavy atom. The molecule has 0 amide bonds. The van der Waals surface area contributed by atoms with E-state index >= 15 is 0 Å². The highest BCUT2D eigenvalue weighted by Crippen LogP contribution is 2.10. The van der Waals surface area contributed by atoms with Crippen molar-refractivity contribution in [1.82, 2.24) is 0 Å². The number of hydrogen-bond donors (Lipinski definition) is 2. The Hall–Kier alpha value is -1.55. The molecule has 0 unspecified atom stereocenters. The van der Waals surface area contributed by atoms with E-state index in [2.05, 4.69) is 0 Å². The third-order valence-corrected chi connectivity index (χ3v) is 1.54. The van der Waals surface area contributed by atoms with Gasteiger partial charge >= 0.3 is 5.97 Å². The second-order valence-electron chi connectivity index (χ2n) is 2.68. The van der Waals surface area contributed by atoms with Gasteiger partial charge in [-0.15, -0.1) is 0 Å². The Morgan fingerprint density at radius 3 is 2.27 bits per heavy atom. The molecule has 4 nitrogen and oxygen atoms in total. The predicted octanol–water partition coefficient (Wildman–Crippen LogP) is 1.57. The molecule has 0 aliphatic heterocycles. The molecule has 0 atom stereocenters. The average molecular weight is 212 g/mol. The summed E-state index contributed by atoms with van der Waals surface area (Å²) in [4.78, 5) is 11.2. The summed E-state index contributed by atoms with van der Waals surface area (Å²) in [6.07, 6.45) is 0.809. The summed E-state index contributed by atoms with van der Waals surface area (Å²) in [5, 5.41) is 16.0. The van der Waals surface area contributed by atoms with Crippen LogP contribution in [0.25, 0.3) is 0 Å². The predicted molar refractivity (Wildman–Crippen MR) is 56.8 cm³/mol. The minimum atomic E-state index is -0.346. The highest BCUT2D eigenvalue weighted by atomic mass is 16.5. The Morgan fingerprint density at radius 2 is 1.80 bits per heavy atom. The van der Waals surface area contributed by atoms with Gasteiger partial charge in [-0.05, 0) is 30.7 Å². The maximum Gasteiger partial charge on any atom is 0.338 e. The van der Waals surface area contributed by atoms with Crippen molar-refractivity contribution in [3.63, 3.8) is 0 Å². The standard InChI is InChI=1S/C10H12O3.CH4O/c1-2-7-13-10(12)8-3-5-9(11)6-4-8;1-2/h3-6,11H,2,7H2,1H3;2H,1H3. The molecular formula is C11H16O4. The van der Waals surface area contributed by atoms with Crippen molar-refractivity contribution in [1.29, 1.82) is 0 Å². The summed E-state index contributed by atoms with van der Waals surface area (Å²) in [6.45, 7) is 2.36. The molecular weight excluding hydrogens is 196 g/mol. The number of aromatic hydroxyl groups is 1. The Bertz CT molecular complexity index is 279. The van der Waals surface area contributed by atoms with Crippen molar-refractivity contribution in [3.05, 3.63) is 29.8 Å². The summed E-state index contributed by atoms with van der Waals surface area (Å²) in [5.41, 5.74) is 0.464. The minimum absolute atomic E-state index is 0.145. The Balaban J connectivity index is 0.000000921. The van der Waals surface area contributed by atoms with Crippen LogP contribution in [0.2, 0.25) is 0 Å². The van der Waals surface area contributed by atoms with Crippen LogP contribution in [-0.2, 0) is 4.74 Å². The Kier molecular flexibility index (Phi) is 7.01. The molecule has 0 fully saturated rings. The van der Waals surface area contributed by atoms with E-state index in [9.17, 15) is 4.79 Å². The molecule has 1 aromatic carbocycles. The van der Waals surface area contributed by atoms with Gasteiger partial charge in [0.1, 0.15) is 5.75 Å². The molecule has 0 radical (unpaired) electrons. The first kappa shape index (κ1) is 13.4. The van der Waals surface area contributed by atoms with Crippen molar-refractivity contribution in [2.75, 3.05) is 13.7 Å². The third kappa shape index (κ3) is 5.02. The first-order chi connectivity index (χ1) is 7.24. The fourth-order valence-corrected chi connectivity index (χ4v) is 0.876. The summed E-state index contributed by atoms with van der Waals surface area (Å²) in [7, 11) is 1.00. The first-order valence-electron chi connectivity index (χ1n) is 4.65. The average Bonchev–Trinajstić information content (AvgIpc) is 2.29. The third-order valence-electron chi connectivity index (χ3n) is 1.54. The van der Waals surface area contributed by atoms with E-state index in [-0.39, 0.29) is 11.7 Å². The lowest BCUT2D eigenvalue weighted by Crippen LogP contribution is -2.05. The zero-order valence-electron chi connectivity index (χ0n) is 8.93. The van der Waals surface area contributed by atoms with Crippen LogP contribution in [0.4, 0.5) is 0 Å². The topological polar surface area (TPSA) is 66.8 Å². The largest absolute Gasteiger partial charge is 0.508 e. The summed E-state index contributed by atoms with van der Waals surface area (Å²) in [5.74, 6) is -0.200. The zero-order chi connectivity index (χ0) is 11.7. The number of esters is 1. The fourth-order valence-electron chi connectivity index (χ4n) is 0.876. The smallest absolute Gasteiger partial charge is 0.338 e. The molecule has 4 heteroatoms. The normalized spacial score (nSPS) is 8.73. The lowest BCUT2D eigenvalue weighted by Gasteiger charge is -2.02. The first-order valence-corrected chi connectivity index (χ1v) is 4.65. The lowest BCUT2D eigenvalue weighted by atomic mass is 10.2. The van der Waals surface area contributed by atoms with Crippen molar-refractivity contribution in [2.45, 2.75) is 13.3 Å². The molecule has 0 saturated carbocycles. The second-order valence-corrected chi connectivity index (χ2v) is 2.68. The van der Waals surface area contributed by atoms with E-state index < -0.39 is 0 Å². The molecule has 0 spiro atoms. The van der Waals surface area contributed by atoms with Gasteiger partial charge in [-0.2, -0.15) is 0 Å². The molecule has 0 aromatic heterocycles. The number of phenols is 1. The number of rotatable bonds is 3. The number of carbonyl (C=O) groups excluding carboxylic acids is 1. The molecule has 1 aromatic rings. The molecule has 84 valence electrons. The van der Waals surface area contributed by atoms with Crippen molar-refractivity contribution >= 4 is 5.97 Å². The van der Waals surface area contributed by atoms with Crippen LogP contribution >= 0.6 is 0 Å². The Labute approximate surface area is 89.1 Å². The monoisotopic (exact) mass is 212 g/mol. The number of aliphatic hydroxyl groups excluding tert-OH is 1. The van der Waals surface area contributed by atoms with Crippen molar-refractivity contribution in [3.8, 4) is 5.75 Å². The molecule has 0 bridgehead atoms. The number of carbonyl (C=O) groups is 1. The minimum Gasteiger partial charge on any atom is -0.508 e.